The third kappa shape index (κ3) is 3.46. The second-order valence-electron chi connectivity index (χ2n) is 3.53. The zero-order valence-corrected chi connectivity index (χ0v) is 9.90. The summed E-state index contributed by atoms with van der Waals surface area (Å²) in [6, 6.07) is 0.436. The Bertz CT molecular complexity index is 170. The highest BCUT2D eigenvalue weighted by Gasteiger charge is 2.22. The number of hydrogen-bond acceptors (Lipinski definition) is 2. The maximum absolute atomic E-state index is 11.5. The molecular weight excluding hydrogens is 200 g/mol. The van der Waals surface area contributed by atoms with E-state index in [1.54, 1.807) is 0 Å². The summed E-state index contributed by atoms with van der Waals surface area (Å²) < 4.78 is 0. The van der Waals surface area contributed by atoms with Crippen molar-refractivity contribution in [3.05, 3.63) is 0 Å². The molecule has 0 aromatic rings. The molecule has 14 heavy (non-hydrogen) atoms. The summed E-state index contributed by atoms with van der Waals surface area (Å²) in [7, 11) is 0. The van der Waals surface area contributed by atoms with Gasteiger partial charge in [-0.25, -0.2) is 0 Å². The lowest BCUT2D eigenvalue weighted by atomic mass is 10.1. The minimum atomic E-state index is 0. The zero-order chi connectivity index (χ0) is 9.68. The Morgan fingerprint density at radius 3 is 2.64 bits per heavy atom. The van der Waals surface area contributed by atoms with Gasteiger partial charge in [0, 0.05) is 25.6 Å². The Balaban J connectivity index is 0.00000169. The molecule has 1 saturated heterocycles. The van der Waals surface area contributed by atoms with E-state index in [1.165, 1.54) is 6.42 Å². The molecule has 0 saturated carbocycles. The smallest absolute Gasteiger partial charge is 0.222 e. The average Bonchev–Trinajstić information content (AvgIpc) is 2.20. The summed E-state index contributed by atoms with van der Waals surface area (Å²) in [6.07, 6.45) is 2.98. The van der Waals surface area contributed by atoms with Crippen LogP contribution in [-0.2, 0) is 4.79 Å². The topological polar surface area (TPSA) is 32.3 Å². The van der Waals surface area contributed by atoms with Crippen molar-refractivity contribution in [3.8, 4) is 0 Å². The molecule has 1 fully saturated rings. The maximum atomic E-state index is 11.5. The van der Waals surface area contributed by atoms with Gasteiger partial charge in [0.1, 0.15) is 0 Å². The summed E-state index contributed by atoms with van der Waals surface area (Å²) in [6.45, 7) is 6.91. The molecule has 0 aromatic heterocycles. The maximum Gasteiger partial charge on any atom is 0.222 e. The minimum Gasteiger partial charge on any atom is -0.339 e. The van der Waals surface area contributed by atoms with Crippen molar-refractivity contribution < 1.29 is 4.79 Å². The number of carbonyl (C=O) groups is 1. The molecule has 4 heteroatoms. The van der Waals surface area contributed by atoms with Crippen LogP contribution in [-0.4, -0.2) is 36.5 Å². The number of halogens is 1. The molecule has 1 aliphatic rings. The van der Waals surface area contributed by atoms with Gasteiger partial charge in [0.2, 0.25) is 5.91 Å². The lowest BCUT2D eigenvalue weighted by Crippen LogP contribution is -2.48. The van der Waals surface area contributed by atoms with Crippen LogP contribution in [0.4, 0.5) is 0 Å². The first-order valence-electron chi connectivity index (χ1n) is 5.29. The van der Waals surface area contributed by atoms with Crippen molar-refractivity contribution in [2.75, 3.05) is 19.6 Å². The first kappa shape index (κ1) is 13.7. The molecule has 1 unspecified atom stereocenters. The van der Waals surface area contributed by atoms with Gasteiger partial charge in [-0.05, 0) is 26.3 Å². The van der Waals surface area contributed by atoms with E-state index >= 15 is 0 Å². The lowest BCUT2D eigenvalue weighted by Gasteiger charge is -2.33. The predicted octanol–water partition coefficient (Wildman–Crippen LogP) is 1.42. The third-order valence-electron chi connectivity index (χ3n) is 2.68. The van der Waals surface area contributed by atoms with Gasteiger partial charge >= 0.3 is 0 Å². The number of likely N-dealkylation sites (N-methyl/N-ethyl adjacent to an activating group) is 1. The van der Waals surface area contributed by atoms with Crippen molar-refractivity contribution in [1.29, 1.82) is 0 Å². The average molecular weight is 221 g/mol. The highest BCUT2D eigenvalue weighted by molar-refractivity contribution is 5.85. The second-order valence-corrected chi connectivity index (χ2v) is 3.53. The van der Waals surface area contributed by atoms with Gasteiger partial charge in [-0.3, -0.25) is 4.79 Å². The Kier molecular flexibility index (Phi) is 6.93. The van der Waals surface area contributed by atoms with Crippen LogP contribution in [0.25, 0.3) is 0 Å². The Morgan fingerprint density at radius 2 is 2.21 bits per heavy atom. The first-order chi connectivity index (χ1) is 6.29. The Hall–Kier alpha value is -0.280. The van der Waals surface area contributed by atoms with Gasteiger partial charge in [0.05, 0.1) is 0 Å². The molecule has 1 rings (SSSR count). The van der Waals surface area contributed by atoms with E-state index < -0.39 is 0 Å². The molecule has 1 aliphatic heterocycles. The lowest BCUT2D eigenvalue weighted by molar-refractivity contribution is -0.133. The number of nitrogens with zero attached hydrogens (tertiary/aromatic N) is 1. The molecule has 1 atom stereocenters. The van der Waals surface area contributed by atoms with E-state index in [0.29, 0.717) is 12.5 Å². The summed E-state index contributed by atoms with van der Waals surface area (Å²) in [4.78, 5) is 13.5. The van der Waals surface area contributed by atoms with Crippen LogP contribution in [0.2, 0.25) is 0 Å². The number of carbonyl (C=O) groups excluding carboxylic acids is 1. The molecule has 0 spiro atoms. The van der Waals surface area contributed by atoms with E-state index in [1.807, 2.05) is 11.8 Å². The zero-order valence-electron chi connectivity index (χ0n) is 9.08. The van der Waals surface area contributed by atoms with Crippen molar-refractivity contribution in [2.45, 2.75) is 39.2 Å². The van der Waals surface area contributed by atoms with E-state index in [2.05, 4.69) is 12.2 Å². The summed E-state index contributed by atoms with van der Waals surface area (Å²) in [5.41, 5.74) is 0. The van der Waals surface area contributed by atoms with E-state index in [9.17, 15) is 4.79 Å². The van der Waals surface area contributed by atoms with Gasteiger partial charge in [-0.2, -0.15) is 0 Å². The largest absolute Gasteiger partial charge is 0.339 e. The van der Waals surface area contributed by atoms with Gasteiger partial charge in [0.25, 0.3) is 0 Å². The molecule has 1 N–H and O–H groups in total. The molecular formula is C10H21ClN2O. The monoisotopic (exact) mass is 220 g/mol. The quantitative estimate of drug-likeness (QED) is 0.781. The fourth-order valence-electron chi connectivity index (χ4n) is 1.94. The SMILES string of the molecule is CCC(=O)N(CC)C1CCCNC1.Cl. The van der Waals surface area contributed by atoms with Crippen molar-refractivity contribution in [2.24, 2.45) is 0 Å². The number of rotatable bonds is 3. The second kappa shape index (κ2) is 7.07. The van der Waals surface area contributed by atoms with Crippen LogP contribution in [0.15, 0.2) is 0 Å². The Labute approximate surface area is 92.6 Å². The standard InChI is InChI=1S/C10H20N2O.ClH/c1-3-10(13)12(4-2)9-6-5-7-11-8-9;/h9,11H,3-8H2,1-2H3;1H. The number of piperidine rings is 1. The van der Waals surface area contributed by atoms with E-state index in [4.69, 9.17) is 0 Å². The minimum absolute atomic E-state index is 0. The predicted molar refractivity (Wildman–Crippen MR) is 60.8 cm³/mol. The van der Waals surface area contributed by atoms with Gasteiger partial charge in [0.15, 0.2) is 0 Å². The highest BCUT2D eigenvalue weighted by Crippen LogP contribution is 2.11. The molecule has 84 valence electrons. The third-order valence-corrected chi connectivity index (χ3v) is 2.68. The Morgan fingerprint density at radius 1 is 1.50 bits per heavy atom. The molecule has 1 heterocycles. The van der Waals surface area contributed by atoms with Crippen LogP contribution >= 0.6 is 12.4 Å². The van der Waals surface area contributed by atoms with E-state index in [0.717, 1.165) is 26.1 Å². The first-order valence-corrected chi connectivity index (χ1v) is 5.29. The molecule has 1 amide bonds. The van der Waals surface area contributed by atoms with Gasteiger partial charge < -0.3 is 10.2 Å². The molecule has 0 radical (unpaired) electrons. The van der Waals surface area contributed by atoms with E-state index in [-0.39, 0.29) is 18.3 Å². The van der Waals surface area contributed by atoms with Crippen LogP contribution in [0.5, 0.6) is 0 Å². The number of amides is 1. The van der Waals surface area contributed by atoms with Crippen LogP contribution in [0, 0.1) is 0 Å². The normalized spacial score (nSPS) is 21.1. The summed E-state index contributed by atoms with van der Waals surface area (Å²) in [5.74, 6) is 0.288. The summed E-state index contributed by atoms with van der Waals surface area (Å²) in [5, 5.41) is 3.33. The van der Waals surface area contributed by atoms with Crippen LogP contribution in [0.3, 0.4) is 0 Å². The fraction of sp³-hybridized carbons (Fsp3) is 0.900. The molecule has 3 nitrogen and oxygen atoms in total. The number of nitrogens with one attached hydrogen (secondary N) is 1. The van der Waals surface area contributed by atoms with Crippen LogP contribution < -0.4 is 5.32 Å². The summed E-state index contributed by atoms with van der Waals surface area (Å²) >= 11 is 0. The van der Waals surface area contributed by atoms with Crippen molar-refractivity contribution in [1.82, 2.24) is 10.2 Å². The fourth-order valence-corrected chi connectivity index (χ4v) is 1.94. The van der Waals surface area contributed by atoms with Gasteiger partial charge in [-0.1, -0.05) is 6.92 Å². The van der Waals surface area contributed by atoms with Crippen LogP contribution in [0.1, 0.15) is 33.1 Å². The molecule has 0 aromatic carbocycles. The van der Waals surface area contributed by atoms with Crippen molar-refractivity contribution in [3.63, 3.8) is 0 Å². The van der Waals surface area contributed by atoms with Crippen molar-refractivity contribution >= 4 is 18.3 Å². The number of hydrogen-bond donors (Lipinski definition) is 1. The molecule has 0 aliphatic carbocycles. The highest BCUT2D eigenvalue weighted by atomic mass is 35.5. The van der Waals surface area contributed by atoms with Gasteiger partial charge in [-0.15, -0.1) is 12.4 Å². The molecule has 0 bridgehead atoms.